The van der Waals surface area contributed by atoms with Crippen LogP contribution in [0.1, 0.15) is 44.6 Å². The van der Waals surface area contributed by atoms with Gasteiger partial charge in [-0.25, -0.2) is 0 Å². The van der Waals surface area contributed by atoms with Crippen LogP contribution in [-0.4, -0.2) is 4.57 Å². The predicted molar refractivity (Wildman–Crippen MR) is 261 cm³/mol. The van der Waals surface area contributed by atoms with E-state index in [-0.39, 0.29) is 5.41 Å². The van der Waals surface area contributed by atoms with Crippen LogP contribution in [0.5, 0.6) is 0 Å². The molecule has 4 atom stereocenters. The number of hydrogen-bond acceptors (Lipinski definition) is 1. The molecule has 3 aliphatic carbocycles. The zero-order valence-corrected chi connectivity index (χ0v) is 35.3. The van der Waals surface area contributed by atoms with Crippen molar-refractivity contribution >= 4 is 38.9 Å². The molecule has 300 valence electrons. The summed E-state index contributed by atoms with van der Waals surface area (Å²) < 4.78 is 2.39. The van der Waals surface area contributed by atoms with Crippen LogP contribution in [0.4, 0.5) is 17.1 Å². The van der Waals surface area contributed by atoms with E-state index < -0.39 is 0 Å². The Hall–Kier alpha value is -6.90. The van der Waals surface area contributed by atoms with Gasteiger partial charge in [0, 0.05) is 38.9 Å². The van der Waals surface area contributed by atoms with Crippen molar-refractivity contribution in [2.24, 2.45) is 17.8 Å². The average Bonchev–Trinajstić information content (AvgIpc) is 3.76. The van der Waals surface area contributed by atoms with Crippen molar-refractivity contribution in [3.05, 3.63) is 217 Å². The third kappa shape index (κ3) is 6.31. The van der Waals surface area contributed by atoms with Gasteiger partial charge in [-0.2, -0.15) is 0 Å². The molecular formula is C60H50N2. The van der Waals surface area contributed by atoms with Crippen molar-refractivity contribution in [2.45, 2.75) is 44.4 Å². The molecule has 1 heterocycles. The molecule has 62 heavy (non-hydrogen) atoms. The molecule has 8 aromatic carbocycles. The maximum Gasteiger partial charge on any atom is 0.0541 e. The highest BCUT2D eigenvalue weighted by molar-refractivity contribution is 6.09. The van der Waals surface area contributed by atoms with Gasteiger partial charge in [-0.05, 0) is 149 Å². The molecule has 9 aromatic rings. The van der Waals surface area contributed by atoms with Gasteiger partial charge in [0.05, 0.1) is 11.0 Å². The molecule has 0 saturated heterocycles. The second-order valence-corrected chi connectivity index (χ2v) is 18.4. The number of allylic oxidation sites excluding steroid dienone is 2. The Labute approximate surface area is 365 Å². The van der Waals surface area contributed by atoms with Crippen LogP contribution < -0.4 is 4.90 Å². The van der Waals surface area contributed by atoms with E-state index in [9.17, 15) is 0 Å². The monoisotopic (exact) mass is 798 g/mol. The molecule has 0 aliphatic heterocycles. The summed E-state index contributed by atoms with van der Waals surface area (Å²) in [5, 5.41) is 2.56. The molecule has 0 N–H and O–H groups in total. The van der Waals surface area contributed by atoms with Crippen LogP contribution in [0.15, 0.2) is 212 Å². The minimum absolute atomic E-state index is 0.211. The van der Waals surface area contributed by atoms with Crippen molar-refractivity contribution in [3.8, 4) is 39.1 Å². The molecule has 0 amide bonds. The highest BCUT2D eigenvalue weighted by Crippen LogP contribution is 2.59. The Balaban J connectivity index is 0.854. The van der Waals surface area contributed by atoms with E-state index in [1.165, 1.54) is 104 Å². The first-order chi connectivity index (χ1) is 30.6. The fourth-order valence-electron chi connectivity index (χ4n) is 11.9. The number of fused-ring (bicyclic) bond motifs is 5. The number of rotatable bonds is 8. The first kappa shape index (κ1) is 36.9. The third-order valence-electron chi connectivity index (χ3n) is 14.5. The highest BCUT2D eigenvalue weighted by atomic mass is 15.1. The fraction of sp³-hybridized carbons (Fsp3) is 0.167. The third-order valence-corrected chi connectivity index (χ3v) is 14.5. The van der Waals surface area contributed by atoms with Crippen LogP contribution >= 0.6 is 0 Å². The number of hydrogen-bond donors (Lipinski definition) is 0. The lowest BCUT2D eigenvalue weighted by molar-refractivity contribution is 0.272. The van der Waals surface area contributed by atoms with Gasteiger partial charge in [0.1, 0.15) is 0 Å². The maximum atomic E-state index is 2.67. The predicted octanol–water partition coefficient (Wildman–Crippen LogP) is 16.3. The van der Waals surface area contributed by atoms with Crippen LogP contribution in [0, 0.1) is 17.8 Å². The number of para-hydroxylation sites is 2. The van der Waals surface area contributed by atoms with E-state index >= 15 is 0 Å². The van der Waals surface area contributed by atoms with Gasteiger partial charge in [-0.3, -0.25) is 0 Å². The quantitative estimate of drug-likeness (QED) is 0.139. The van der Waals surface area contributed by atoms with Crippen LogP contribution in [0.2, 0.25) is 0 Å². The largest absolute Gasteiger partial charge is 0.311 e. The molecule has 2 heteroatoms. The molecule has 0 spiro atoms. The summed E-state index contributed by atoms with van der Waals surface area (Å²) in [6.07, 6.45) is 9.33. The van der Waals surface area contributed by atoms with Crippen molar-refractivity contribution in [3.63, 3.8) is 0 Å². The Bertz CT molecular complexity index is 3050. The van der Waals surface area contributed by atoms with Gasteiger partial charge in [0.25, 0.3) is 0 Å². The van der Waals surface area contributed by atoms with Gasteiger partial charge < -0.3 is 9.47 Å². The molecule has 12 rings (SSSR count). The first-order valence-corrected chi connectivity index (χ1v) is 22.6. The summed E-state index contributed by atoms with van der Waals surface area (Å²) in [5.74, 6) is 2.40. The minimum Gasteiger partial charge on any atom is -0.311 e. The van der Waals surface area contributed by atoms with Gasteiger partial charge in [0.2, 0.25) is 0 Å². The van der Waals surface area contributed by atoms with Crippen molar-refractivity contribution < 1.29 is 0 Å². The lowest BCUT2D eigenvalue weighted by Crippen LogP contribution is -2.28. The number of aromatic nitrogens is 1. The lowest BCUT2D eigenvalue weighted by atomic mass is 9.69. The molecule has 1 aromatic heterocycles. The van der Waals surface area contributed by atoms with Crippen LogP contribution in [0.25, 0.3) is 60.9 Å². The van der Waals surface area contributed by atoms with Crippen molar-refractivity contribution in [1.29, 1.82) is 0 Å². The second-order valence-electron chi connectivity index (χ2n) is 18.4. The molecule has 3 bridgehead atoms. The number of benzene rings is 8. The van der Waals surface area contributed by atoms with Gasteiger partial charge in [0.15, 0.2) is 0 Å². The summed E-state index contributed by atoms with van der Waals surface area (Å²) in [5.41, 5.74) is 17.9. The van der Waals surface area contributed by atoms with Crippen molar-refractivity contribution in [1.82, 2.24) is 4.57 Å². The molecule has 2 nitrogen and oxygen atoms in total. The number of anilines is 3. The van der Waals surface area contributed by atoms with Crippen molar-refractivity contribution in [2.75, 3.05) is 4.90 Å². The summed E-state index contributed by atoms with van der Waals surface area (Å²) in [7, 11) is 0. The van der Waals surface area contributed by atoms with Gasteiger partial charge in [-0.1, -0.05) is 158 Å². The lowest BCUT2D eigenvalue weighted by Gasteiger charge is -2.35. The Morgan fingerprint density at radius 1 is 0.468 bits per heavy atom. The Kier molecular flexibility index (Phi) is 8.88. The molecule has 1 saturated carbocycles. The molecule has 3 aliphatic rings. The van der Waals surface area contributed by atoms with E-state index in [4.69, 9.17) is 0 Å². The standard InChI is InChI=1S/C60H50N2/c1-41-34-42-35-43-37-51(36-42)60(39-41,40-43)50-26-32-54(33-27-50)61(52-28-22-46(23-29-52)44-10-3-2-4-11-44)53-30-24-47(25-31-53)45-18-20-48(21-19-45)49-12-9-13-55(38-49)62-58-16-7-5-14-56(58)57-15-6-8-17-59(57)62/h2-33,37-38,41-43H,34-36,39-40H2,1H3/t41-,42-,43+,60?/m0/s1. The summed E-state index contributed by atoms with van der Waals surface area (Å²) in [4.78, 5) is 2.42. The van der Waals surface area contributed by atoms with Crippen LogP contribution in [0.3, 0.4) is 0 Å². The van der Waals surface area contributed by atoms with E-state index in [1.807, 2.05) is 0 Å². The van der Waals surface area contributed by atoms with Gasteiger partial charge in [-0.15, -0.1) is 0 Å². The molecule has 1 unspecified atom stereocenters. The van der Waals surface area contributed by atoms with E-state index in [2.05, 4.69) is 223 Å². The normalized spacial score (nSPS) is 20.3. The Morgan fingerprint density at radius 2 is 0.968 bits per heavy atom. The number of nitrogens with zero attached hydrogens (tertiary/aromatic N) is 2. The smallest absolute Gasteiger partial charge is 0.0541 e. The molecular weight excluding hydrogens is 749 g/mol. The summed E-state index contributed by atoms with van der Waals surface area (Å²) in [6.45, 7) is 2.50. The van der Waals surface area contributed by atoms with E-state index in [1.54, 1.807) is 5.57 Å². The average molecular weight is 799 g/mol. The zero-order valence-electron chi connectivity index (χ0n) is 35.3. The second kappa shape index (κ2) is 14.9. The van der Waals surface area contributed by atoms with E-state index in [0.717, 1.165) is 29.1 Å². The topological polar surface area (TPSA) is 8.17 Å². The minimum atomic E-state index is 0.211. The maximum absolute atomic E-state index is 2.67. The first-order valence-electron chi connectivity index (χ1n) is 22.6. The molecule has 1 fully saturated rings. The fourth-order valence-corrected chi connectivity index (χ4v) is 11.9. The Morgan fingerprint density at radius 3 is 1.58 bits per heavy atom. The summed E-state index contributed by atoms with van der Waals surface area (Å²) in [6, 6.07) is 74.0. The SMILES string of the molecule is C[C@H]1C[C@@H]2CC3=C[C@@H](C2)CC3(c2ccc(N(c3ccc(-c4ccccc4)cc3)c3ccc(-c4ccc(-c5cccc(-n6c7ccccc7c7ccccc76)c5)cc4)cc3)cc2)C1. The zero-order chi connectivity index (χ0) is 41.2. The van der Waals surface area contributed by atoms with Crippen LogP contribution in [-0.2, 0) is 5.41 Å². The van der Waals surface area contributed by atoms with E-state index in [0.29, 0.717) is 0 Å². The molecule has 0 radical (unpaired) electrons. The van der Waals surface area contributed by atoms with Gasteiger partial charge >= 0.3 is 0 Å². The highest BCUT2D eigenvalue weighted by Gasteiger charge is 2.49. The summed E-state index contributed by atoms with van der Waals surface area (Å²) >= 11 is 0.